The van der Waals surface area contributed by atoms with Gasteiger partial charge in [-0.05, 0) is 61.6 Å². The molecule has 0 fully saturated rings. The average Bonchev–Trinajstić information content (AvgIpc) is 2.73. The maximum atomic E-state index is 12.5. The van der Waals surface area contributed by atoms with Gasteiger partial charge in [0, 0.05) is 37.0 Å². The Balaban J connectivity index is 1.84. The minimum absolute atomic E-state index is 0.229. The zero-order valence-electron chi connectivity index (χ0n) is 18.3. The summed E-state index contributed by atoms with van der Waals surface area (Å²) in [4.78, 5) is 35.7. The summed E-state index contributed by atoms with van der Waals surface area (Å²) in [6.07, 6.45) is 3.35. The molecule has 0 aliphatic carbocycles. The summed E-state index contributed by atoms with van der Waals surface area (Å²) < 4.78 is 0. The molecule has 2 aromatic carbocycles. The molecule has 0 aliphatic rings. The topological polar surface area (TPSA) is 72.2 Å². The van der Waals surface area contributed by atoms with Crippen LogP contribution in [0, 0.1) is 0 Å². The van der Waals surface area contributed by atoms with Gasteiger partial charge in [0.25, 0.3) is 11.1 Å². The molecule has 1 aromatic heterocycles. The SMILES string of the molecule is CN(C)CCSc1ccc(/C=c2\[nH]c(=O)/c(=C/c3ccc(N(C)C)cc3)[nH]c2=O)cc1. The van der Waals surface area contributed by atoms with E-state index in [9.17, 15) is 9.59 Å². The van der Waals surface area contributed by atoms with E-state index in [1.165, 1.54) is 4.90 Å². The Kier molecular flexibility index (Phi) is 7.55. The molecule has 3 aromatic rings. The lowest BCUT2D eigenvalue weighted by Gasteiger charge is -2.11. The lowest BCUT2D eigenvalue weighted by atomic mass is 10.2. The van der Waals surface area contributed by atoms with E-state index in [2.05, 4.69) is 29.0 Å². The molecule has 1 heterocycles. The summed E-state index contributed by atoms with van der Waals surface area (Å²) in [5.74, 6) is 1.01. The van der Waals surface area contributed by atoms with E-state index in [0.29, 0.717) is 0 Å². The summed E-state index contributed by atoms with van der Waals surface area (Å²) in [5, 5.41) is 0.463. The van der Waals surface area contributed by atoms with Crippen molar-refractivity contribution in [3.05, 3.63) is 91.1 Å². The maximum absolute atomic E-state index is 12.5. The maximum Gasteiger partial charge on any atom is 0.272 e. The highest BCUT2D eigenvalue weighted by molar-refractivity contribution is 7.99. The predicted octanol–water partition coefficient (Wildman–Crippen LogP) is 1.44. The third-order valence-electron chi connectivity index (χ3n) is 4.70. The van der Waals surface area contributed by atoms with Crippen molar-refractivity contribution in [3.63, 3.8) is 0 Å². The lowest BCUT2D eigenvalue weighted by Crippen LogP contribution is -2.46. The molecule has 0 aliphatic heterocycles. The van der Waals surface area contributed by atoms with E-state index in [0.717, 1.165) is 29.1 Å². The lowest BCUT2D eigenvalue weighted by molar-refractivity contribution is 0.437. The van der Waals surface area contributed by atoms with Crippen molar-refractivity contribution >= 4 is 29.6 Å². The molecule has 31 heavy (non-hydrogen) atoms. The number of anilines is 1. The molecule has 7 heteroatoms. The third-order valence-corrected chi connectivity index (χ3v) is 5.70. The van der Waals surface area contributed by atoms with Gasteiger partial charge in [-0.3, -0.25) is 9.59 Å². The van der Waals surface area contributed by atoms with Gasteiger partial charge in [-0.15, -0.1) is 11.8 Å². The Morgan fingerprint density at radius 3 is 1.71 bits per heavy atom. The second kappa shape index (κ2) is 10.3. The van der Waals surface area contributed by atoms with Crippen LogP contribution in [-0.4, -0.2) is 55.4 Å². The highest BCUT2D eigenvalue weighted by atomic mass is 32.2. The molecule has 0 saturated carbocycles. The fraction of sp³-hybridized carbons (Fsp3) is 0.250. The quantitative estimate of drug-likeness (QED) is 0.549. The van der Waals surface area contributed by atoms with Gasteiger partial charge in [0.15, 0.2) is 0 Å². The Bertz CT molecular complexity index is 1240. The summed E-state index contributed by atoms with van der Waals surface area (Å²) in [7, 11) is 8.04. The van der Waals surface area contributed by atoms with Gasteiger partial charge >= 0.3 is 0 Å². The molecule has 0 atom stereocenters. The number of H-pyrrole nitrogens is 2. The van der Waals surface area contributed by atoms with Crippen molar-refractivity contribution in [1.82, 2.24) is 14.9 Å². The first-order valence-electron chi connectivity index (χ1n) is 10.0. The summed E-state index contributed by atoms with van der Waals surface area (Å²) >= 11 is 1.79. The molecule has 0 amide bonds. The molecular formula is C24H28N4O2S. The molecule has 0 radical (unpaired) electrons. The van der Waals surface area contributed by atoms with Gasteiger partial charge in [-0.25, -0.2) is 0 Å². The summed E-state index contributed by atoms with van der Waals surface area (Å²) in [5.41, 5.74) is 2.09. The van der Waals surface area contributed by atoms with Gasteiger partial charge in [-0.2, -0.15) is 0 Å². The highest BCUT2D eigenvalue weighted by Crippen LogP contribution is 2.18. The second-order valence-electron chi connectivity index (χ2n) is 7.73. The molecule has 2 N–H and O–H groups in total. The molecule has 0 unspecified atom stereocenters. The number of hydrogen-bond donors (Lipinski definition) is 2. The predicted molar refractivity (Wildman–Crippen MR) is 131 cm³/mol. The number of aromatic amines is 2. The summed E-state index contributed by atoms with van der Waals surface area (Å²) in [6.45, 7) is 1.01. The Morgan fingerprint density at radius 2 is 1.26 bits per heavy atom. The van der Waals surface area contributed by atoms with Gasteiger partial charge < -0.3 is 19.8 Å². The van der Waals surface area contributed by atoms with Crippen LogP contribution in [0.5, 0.6) is 0 Å². The minimum atomic E-state index is -0.335. The molecule has 162 valence electrons. The second-order valence-corrected chi connectivity index (χ2v) is 8.90. The Labute approximate surface area is 185 Å². The highest BCUT2D eigenvalue weighted by Gasteiger charge is 2.00. The van der Waals surface area contributed by atoms with Crippen LogP contribution in [-0.2, 0) is 0 Å². The normalized spacial score (nSPS) is 12.5. The largest absolute Gasteiger partial charge is 0.378 e. The first kappa shape index (κ1) is 22.7. The van der Waals surface area contributed by atoms with Crippen LogP contribution in [0.3, 0.4) is 0 Å². The van der Waals surface area contributed by atoms with Crippen molar-refractivity contribution in [1.29, 1.82) is 0 Å². The fourth-order valence-electron chi connectivity index (χ4n) is 2.90. The monoisotopic (exact) mass is 436 g/mol. The van der Waals surface area contributed by atoms with Crippen molar-refractivity contribution in [2.45, 2.75) is 4.90 Å². The van der Waals surface area contributed by atoms with Crippen LogP contribution in [0.4, 0.5) is 5.69 Å². The Hall–Kier alpha value is -3.03. The first-order chi connectivity index (χ1) is 14.8. The van der Waals surface area contributed by atoms with Crippen LogP contribution >= 0.6 is 11.8 Å². The van der Waals surface area contributed by atoms with Crippen molar-refractivity contribution in [2.24, 2.45) is 0 Å². The number of hydrogen-bond acceptors (Lipinski definition) is 5. The minimum Gasteiger partial charge on any atom is -0.378 e. The average molecular weight is 437 g/mol. The van der Waals surface area contributed by atoms with Crippen molar-refractivity contribution < 1.29 is 0 Å². The van der Waals surface area contributed by atoms with E-state index >= 15 is 0 Å². The van der Waals surface area contributed by atoms with Crippen LogP contribution < -0.4 is 26.7 Å². The number of nitrogens with one attached hydrogen (secondary N) is 2. The number of aromatic nitrogens is 2. The van der Waals surface area contributed by atoms with Gasteiger partial charge in [-0.1, -0.05) is 24.3 Å². The van der Waals surface area contributed by atoms with Gasteiger partial charge in [0.2, 0.25) is 0 Å². The first-order valence-corrected chi connectivity index (χ1v) is 11.0. The van der Waals surface area contributed by atoms with Gasteiger partial charge in [0.05, 0.1) is 0 Å². The third kappa shape index (κ3) is 6.47. The van der Waals surface area contributed by atoms with E-state index < -0.39 is 0 Å². The summed E-state index contributed by atoms with van der Waals surface area (Å²) in [6, 6.07) is 15.7. The molecule has 0 bridgehead atoms. The van der Waals surface area contributed by atoms with Crippen LogP contribution in [0.1, 0.15) is 11.1 Å². The van der Waals surface area contributed by atoms with E-state index in [-0.39, 0.29) is 21.8 Å². The number of thioether (sulfide) groups is 1. The molecule has 0 saturated heterocycles. The molecule has 6 nitrogen and oxygen atoms in total. The van der Waals surface area contributed by atoms with Crippen LogP contribution in [0.2, 0.25) is 0 Å². The van der Waals surface area contributed by atoms with Crippen molar-refractivity contribution in [3.8, 4) is 0 Å². The van der Waals surface area contributed by atoms with E-state index in [1.807, 2.05) is 67.5 Å². The van der Waals surface area contributed by atoms with Crippen LogP contribution in [0.15, 0.2) is 63.0 Å². The van der Waals surface area contributed by atoms with Gasteiger partial charge in [0.1, 0.15) is 10.7 Å². The number of rotatable bonds is 7. The van der Waals surface area contributed by atoms with Crippen LogP contribution in [0.25, 0.3) is 12.2 Å². The number of benzene rings is 2. The molecule has 0 spiro atoms. The number of nitrogens with zero attached hydrogens (tertiary/aromatic N) is 2. The standard InChI is InChI=1S/C24H28N4O2S/c1-27(2)13-14-31-20-11-7-18(8-12-20)16-22-24(30)25-21(23(29)26-22)15-17-5-9-19(10-6-17)28(3)4/h5-12,15-16H,13-14H2,1-4H3,(H,25,30)(H,26,29)/b21-15-,22-16-. The Morgan fingerprint density at radius 1 is 0.774 bits per heavy atom. The van der Waals surface area contributed by atoms with E-state index in [1.54, 1.807) is 23.9 Å². The van der Waals surface area contributed by atoms with Crippen molar-refractivity contribution in [2.75, 3.05) is 45.4 Å². The smallest absolute Gasteiger partial charge is 0.272 e. The zero-order chi connectivity index (χ0) is 22.4. The molecular weight excluding hydrogens is 408 g/mol. The zero-order valence-corrected chi connectivity index (χ0v) is 19.1. The molecule has 3 rings (SSSR count). The van der Waals surface area contributed by atoms with E-state index in [4.69, 9.17) is 0 Å². The fourth-order valence-corrected chi connectivity index (χ4v) is 3.93.